The molecule has 3 rings (SSSR count). The minimum atomic E-state index is -1.01. The van der Waals surface area contributed by atoms with Gasteiger partial charge < -0.3 is 14.6 Å². The fourth-order valence-corrected chi connectivity index (χ4v) is 2.76. The number of urea groups is 1. The molecule has 1 aromatic heterocycles. The standard InChI is InChI=1S/C19H22N4O5/c1-5-19(4)17(25)23(18(26)20-19)21-16(24)13-6-8-14(9-7-13)27-10-15-11(2)22-28-12(15)3/h6-9H,5,10H2,1-4H3,(H,20,26)(H,21,24). The van der Waals surface area contributed by atoms with Gasteiger partial charge in [0.25, 0.3) is 11.8 Å². The Balaban J connectivity index is 1.63. The molecule has 1 aromatic carbocycles. The lowest BCUT2D eigenvalue weighted by Crippen LogP contribution is -2.48. The molecule has 0 saturated carbocycles. The SMILES string of the molecule is CCC1(C)NC(=O)N(NC(=O)c2ccc(OCc3c(C)noc3C)cc2)C1=O. The quantitative estimate of drug-likeness (QED) is 0.736. The number of rotatable bonds is 6. The van der Waals surface area contributed by atoms with Crippen molar-refractivity contribution in [3.05, 3.63) is 46.8 Å². The lowest BCUT2D eigenvalue weighted by molar-refractivity contribution is -0.132. The number of amides is 4. The molecule has 1 aliphatic heterocycles. The molecule has 1 fully saturated rings. The number of carbonyl (C=O) groups is 3. The Kier molecular flexibility index (Phi) is 5.08. The van der Waals surface area contributed by atoms with E-state index in [4.69, 9.17) is 9.26 Å². The van der Waals surface area contributed by atoms with E-state index in [-0.39, 0.29) is 5.56 Å². The average molecular weight is 386 g/mol. The van der Waals surface area contributed by atoms with Crippen molar-refractivity contribution in [3.8, 4) is 5.75 Å². The van der Waals surface area contributed by atoms with Gasteiger partial charge in [0.05, 0.1) is 11.3 Å². The Bertz CT molecular complexity index is 901. The molecule has 4 amide bonds. The highest BCUT2D eigenvalue weighted by Crippen LogP contribution is 2.20. The summed E-state index contributed by atoms with van der Waals surface area (Å²) in [5.41, 5.74) is 3.26. The molecule has 2 N–H and O–H groups in total. The van der Waals surface area contributed by atoms with Crippen LogP contribution in [0.2, 0.25) is 0 Å². The molecule has 2 aromatic rings. The number of carbonyl (C=O) groups excluding carboxylic acids is 3. The minimum absolute atomic E-state index is 0.287. The van der Waals surface area contributed by atoms with Crippen LogP contribution in [0.1, 0.15) is 47.6 Å². The lowest BCUT2D eigenvalue weighted by atomic mass is 10.00. The van der Waals surface area contributed by atoms with Crippen LogP contribution < -0.4 is 15.5 Å². The zero-order valence-corrected chi connectivity index (χ0v) is 16.2. The van der Waals surface area contributed by atoms with Gasteiger partial charge in [-0.05, 0) is 51.5 Å². The summed E-state index contributed by atoms with van der Waals surface area (Å²) in [4.78, 5) is 36.7. The maximum Gasteiger partial charge on any atom is 0.344 e. The Labute approximate surface area is 162 Å². The van der Waals surface area contributed by atoms with Crippen molar-refractivity contribution >= 4 is 17.8 Å². The van der Waals surface area contributed by atoms with Crippen molar-refractivity contribution in [1.29, 1.82) is 0 Å². The Morgan fingerprint density at radius 2 is 1.96 bits per heavy atom. The maximum absolute atomic E-state index is 12.4. The highest BCUT2D eigenvalue weighted by Gasteiger charge is 2.47. The van der Waals surface area contributed by atoms with Gasteiger partial charge in [-0.15, -0.1) is 0 Å². The highest BCUT2D eigenvalue weighted by molar-refractivity contribution is 6.09. The Morgan fingerprint density at radius 1 is 1.29 bits per heavy atom. The van der Waals surface area contributed by atoms with Crippen LogP contribution in [-0.2, 0) is 11.4 Å². The number of nitrogens with one attached hydrogen (secondary N) is 2. The van der Waals surface area contributed by atoms with Crippen LogP contribution >= 0.6 is 0 Å². The summed E-state index contributed by atoms with van der Waals surface area (Å²) < 4.78 is 10.8. The molecule has 2 heterocycles. The smallest absolute Gasteiger partial charge is 0.344 e. The van der Waals surface area contributed by atoms with E-state index < -0.39 is 23.4 Å². The number of benzene rings is 1. The lowest BCUT2D eigenvalue weighted by Gasteiger charge is -2.19. The first-order chi connectivity index (χ1) is 13.2. The number of ether oxygens (including phenoxy) is 1. The van der Waals surface area contributed by atoms with Gasteiger partial charge in [0.2, 0.25) is 0 Å². The Hall–Kier alpha value is -3.36. The number of hydrogen-bond donors (Lipinski definition) is 2. The van der Waals surface area contributed by atoms with Gasteiger partial charge in [-0.25, -0.2) is 4.79 Å². The molecule has 148 valence electrons. The predicted octanol–water partition coefficient (Wildman–Crippen LogP) is 2.24. The summed E-state index contributed by atoms with van der Waals surface area (Å²) in [5.74, 6) is 0.195. The summed E-state index contributed by atoms with van der Waals surface area (Å²) in [5, 5.41) is 7.16. The fourth-order valence-electron chi connectivity index (χ4n) is 2.76. The summed E-state index contributed by atoms with van der Waals surface area (Å²) in [6, 6.07) is 5.72. The molecule has 0 bridgehead atoms. The Morgan fingerprint density at radius 3 is 2.50 bits per heavy atom. The first-order valence-electron chi connectivity index (χ1n) is 8.87. The van der Waals surface area contributed by atoms with Gasteiger partial charge in [-0.3, -0.25) is 15.0 Å². The van der Waals surface area contributed by atoms with Crippen LogP contribution in [0.15, 0.2) is 28.8 Å². The van der Waals surface area contributed by atoms with Crippen LogP contribution in [0.25, 0.3) is 0 Å². The average Bonchev–Trinajstić information content (AvgIpc) is 3.11. The van der Waals surface area contributed by atoms with Crippen molar-refractivity contribution < 1.29 is 23.6 Å². The first-order valence-corrected chi connectivity index (χ1v) is 8.87. The molecule has 1 aliphatic rings. The zero-order chi connectivity index (χ0) is 20.5. The molecule has 9 nitrogen and oxygen atoms in total. The van der Waals surface area contributed by atoms with E-state index in [0.717, 1.165) is 11.3 Å². The largest absolute Gasteiger partial charge is 0.489 e. The van der Waals surface area contributed by atoms with Gasteiger partial charge in [0.15, 0.2) is 0 Å². The van der Waals surface area contributed by atoms with Gasteiger partial charge in [-0.1, -0.05) is 12.1 Å². The molecular weight excluding hydrogens is 364 g/mol. The normalized spacial score (nSPS) is 18.9. The van der Waals surface area contributed by atoms with E-state index in [0.29, 0.717) is 29.5 Å². The molecular formula is C19H22N4O5. The minimum Gasteiger partial charge on any atom is -0.489 e. The molecule has 9 heteroatoms. The van der Waals surface area contributed by atoms with E-state index in [9.17, 15) is 14.4 Å². The van der Waals surface area contributed by atoms with Crippen molar-refractivity contribution in [2.45, 2.75) is 46.3 Å². The number of hydrogen-bond acceptors (Lipinski definition) is 6. The summed E-state index contributed by atoms with van der Waals surface area (Å²) in [6.45, 7) is 7.34. The summed E-state index contributed by atoms with van der Waals surface area (Å²) in [6.07, 6.45) is 0.418. The number of nitrogens with zero attached hydrogens (tertiary/aromatic N) is 2. The number of aryl methyl sites for hydroxylation is 2. The van der Waals surface area contributed by atoms with E-state index >= 15 is 0 Å². The molecule has 0 radical (unpaired) electrons. The predicted molar refractivity (Wildman–Crippen MR) is 98.3 cm³/mol. The van der Waals surface area contributed by atoms with E-state index in [1.807, 2.05) is 13.8 Å². The molecule has 1 atom stereocenters. The van der Waals surface area contributed by atoms with Crippen molar-refractivity contribution in [3.63, 3.8) is 0 Å². The van der Waals surface area contributed by atoms with Crippen LogP contribution in [0.5, 0.6) is 5.75 Å². The van der Waals surface area contributed by atoms with Crippen molar-refractivity contribution in [2.24, 2.45) is 0 Å². The molecule has 0 spiro atoms. The molecule has 28 heavy (non-hydrogen) atoms. The third kappa shape index (κ3) is 3.55. The number of hydrazine groups is 1. The second kappa shape index (κ2) is 7.34. The second-order valence-corrected chi connectivity index (χ2v) is 6.81. The number of aromatic nitrogens is 1. The second-order valence-electron chi connectivity index (χ2n) is 6.81. The molecule has 1 unspecified atom stereocenters. The van der Waals surface area contributed by atoms with Crippen LogP contribution in [0, 0.1) is 13.8 Å². The van der Waals surface area contributed by atoms with Crippen LogP contribution in [0.3, 0.4) is 0 Å². The number of imide groups is 1. The van der Waals surface area contributed by atoms with E-state index in [1.54, 1.807) is 38.1 Å². The van der Waals surface area contributed by atoms with Gasteiger partial charge >= 0.3 is 6.03 Å². The van der Waals surface area contributed by atoms with Gasteiger partial charge in [-0.2, -0.15) is 5.01 Å². The maximum atomic E-state index is 12.4. The van der Waals surface area contributed by atoms with Crippen molar-refractivity contribution in [1.82, 2.24) is 20.9 Å². The summed E-state index contributed by atoms with van der Waals surface area (Å²) >= 11 is 0. The van der Waals surface area contributed by atoms with Crippen LogP contribution in [0.4, 0.5) is 4.79 Å². The zero-order valence-electron chi connectivity index (χ0n) is 16.2. The molecule has 0 aliphatic carbocycles. The van der Waals surface area contributed by atoms with Crippen molar-refractivity contribution in [2.75, 3.05) is 0 Å². The van der Waals surface area contributed by atoms with E-state index in [2.05, 4.69) is 15.9 Å². The van der Waals surface area contributed by atoms with Crippen LogP contribution in [-0.4, -0.2) is 33.5 Å². The molecule has 1 saturated heterocycles. The van der Waals surface area contributed by atoms with E-state index in [1.165, 1.54) is 0 Å². The monoisotopic (exact) mass is 386 g/mol. The topological polar surface area (TPSA) is 114 Å². The summed E-state index contributed by atoms with van der Waals surface area (Å²) in [7, 11) is 0. The fraction of sp³-hybridized carbons (Fsp3) is 0.368. The first kappa shape index (κ1) is 19.4. The third-order valence-corrected chi connectivity index (χ3v) is 4.86. The highest BCUT2D eigenvalue weighted by atomic mass is 16.5. The van der Waals surface area contributed by atoms with Gasteiger partial charge in [0, 0.05) is 5.56 Å². The van der Waals surface area contributed by atoms with Gasteiger partial charge in [0.1, 0.15) is 23.7 Å². The third-order valence-electron chi connectivity index (χ3n) is 4.86.